The number of nitrogens with zero attached hydrogens (tertiary/aromatic N) is 4. The quantitative estimate of drug-likeness (QED) is 0.0571. The molecule has 0 aliphatic carbocycles. The Morgan fingerprint density at radius 2 is 1.82 bits per heavy atom. The van der Waals surface area contributed by atoms with Crippen LogP contribution < -0.4 is 26.4 Å². The zero-order valence-corrected chi connectivity index (χ0v) is 28.4. The number of ether oxygens (including phenoxy) is 2. The molecule has 27 heteroatoms. The van der Waals surface area contributed by atoms with Gasteiger partial charge in [0.15, 0.2) is 23.7 Å². The highest BCUT2D eigenvalue weighted by atomic mass is 33.1. The van der Waals surface area contributed by atoms with Crippen molar-refractivity contribution >= 4 is 60.3 Å². The highest BCUT2D eigenvalue weighted by Crippen LogP contribution is 2.57. The van der Waals surface area contributed by atoms with Gasteiger partial charge in [0.1, 0.15) is 47.7 Å². The van der Waals surface area contributed by atoms with E-state index in [4.69, 9.17) is 19.7 Å². The van der Waals surface area contributed by atoms with Gasteiger partial charge in [-0.05, 0) is 22.9 Å². The number of rotatable bonds is 14. The Bertz CT molecular complexity index is 1810. The second-order valence-electron chi connectivity index (χ2n) is 10.5. The molecule has 50 heavy (non-hydrogen) atoms. The van der Waals surface area contributed by atoms with Gasteiger partial charge < -0.3 is 60.4 Å². The number of nitrogens with one attached hydrogen (secondary N) is 2. The summed E-state index contributed by atoms with van der Waals surface area (Å²) in [5, 5.41) is 54.2. The van der Waals surface area contributed by atoms with E-state index in [2.05, 4.69) is 34.1 Å². The lowest BCUT2D eigenvalue weighted by Gasteiger charge is -2.44. The number of fused-ring (bicyclic) bond motifs is 1. The predicted molar refractivity (Wildman–Crippen MR) is 164 cm³/mol. The molecule has 2 aliphatic rings. The number of nitrogens with two attached hydrogens (primary N) is 1. The number of aromatic amines is 1. The van der Waals surface area contributed by atoms with Crippen molar-refractivity contribution in [3.63, 3.8) is 0 Å². The summed E-state index contributed by atoms with van der Waals surface area (Å²) >= 11 is 0. The molecule has 11 atom stereocenters. The summed E-state index contributed by atoms with van der Waals surface area (Å²) in [5.74, 6) is -1.36. The number of amides is 1. The Labute approximate surface area is 287 Å². The number of hydrogen-bond acceptors (Lipinski definition) is 22. The van der Waals surface area contributed by atoms with Crippen LogP contribution in [0.25, 0.3) is 11.2 Å². The number of imidazole rings is 1. The number of aliphatic hydroxyl groups excluding tert-OH is 5. The van der Waals surface area contributed by atoms with E-state index in [1.807, 2.05) is 0 Å². The first-order chi connectivity index (χ1) is 23.6. The molecule has 5 heterocycles. The van der Waals surface area contributed by atoms with Crippen LogP contribution in [0, 0.1) is 0 Å². The van der Waals surface area contributed by atoms with Gasteiger partial charge in [-0.2, -0.15) is 4.98 Å². The number of phosphoric ester groups is 2. The summed E-state index contributed by atoms with van der Waals surface area (Å²) in [6, 6.07) is 3.27. The van der Waals surface area contributed by atoms with Gasteiger partial charge in [-0.1, -0.05) is 16.9 Å². The van der Waals surface area contributed by atoms with E-state index < -0.39 is 95.5 Å². The molecular weight excluding hydrogens is 756 g/mol. The largest absolute Gasteiger partial charge is 0.756 e. The van der Waals surface area contributed by atoms with Crippen molar-refractivity contribution in [3.8, 4) is 0 Å². The molecule has 0 spiro atoms. The van der Waals surface area contributed by atoms with Crippen LogP contribution in [0.4, 0.5) is 5.95 Å². The van der Waals surface area contributed by atoms with Crippen LogP contribution in [0.5, 0.6) is 0 Å². The van der Waals surface area contributed by atoms with Crippen LogP contribution in [-0.4, -0.2) is 124 Å². The molecule has 23 nitrogen and oxygen atoms in total. The Kier molecular flexibility index (Phi) is 12.4. The highest BCUT2D eigenvalue weighted by molar-refractivity contribution is 8.76. The van der Waals surface area contributed by atoms with E-state index in [9.17, 15) is 54.0 Å². The molecule has 2 saturated heterocycles. The standard InChI is InChI=1S/C23H31N7O16P2S2/c24-23-28-19-14(20(37)29-23)26-8-30(19)21-18(36)16(34)10(43-21)6-42-47(38,39)46-48(40,41)45-22-13(17(35)15(33)9(5-31)44-22)27-11(32)7-49-50-12-3-1-2-4-25-12/h1-4,8-10,13,15-18,21-22,31,33-36H,5-7H2,(H,27,32)(H,38,39)(H,40,41)(H3,24,28,29,37)/p-2. The summed E-state index contributed by atoms with van der Waals surface area (Å²) in [5.41, 5.74) is 4.50. The van der Waals surface area contributed by atoms with Crippen LogP contribution in [0.3, 0.4) is 0 Å². The lowest BCUT2D eigenvalue weighted by molar-refractivity contribution is -0.285. The number of phosphoric acid groups is 2. The minimum absolute atomic E-state index is 0.144. The maximum atomic E-state index is 12.7. The minimum atomic E-state index is -6.02. The third-order valence-electron chi connectivity index (χ3n) is 7.07. The van der Waals surface area contributed by atoms with Crippen molar-refractivity contribution < 1.29 is 72.1 Å². The van der Waals surface area contributed by atoms with Gasteiger partial charge >= 0.3 is 0 Å². The van der Waals surface area contributed by atoms with Crippen LogP contribution >= 0.6 is 37.2 Å². The minimum Gasteiger partial charge on any atom is -0.756 e. The molecule has 1 amide bonds. The molecule has 2 fully saturated rings. The molecule has 11 unspecified atom stereocenters. The molecule has 2 aliphatic heterocycles. The van der Waals surface area contributed by atoms with Gasteiger partial charge in [0.25, 0.3) is 21.2 Å². The number of carbonyl (C=O) groups is 1. The SMILES string of the molecule is Nc1nc2c(ncn2C2OC(COP(=O)([O-])OP(=O)([O-])OC3OC(CO)C(O)C(O)C3NC(=O)CSSc3ccccn3)C(O)C2O)c(=O)[nH]1. The topological polar surface area (TPSA) is 359 Å². The number of nitrogen functional groups attached to an aromatic ring is 1. The van der Waals surface area contributed by atoms with Crippen molar-refractivity contribution in [2.75, 3.05) is 24.7 Å². The van der Waals surface area contributed by atoms with E-state index in [-0.39, 0.29) is 22.9 Å². The van der Waals surface area contributed by atoms with Crippen molar-refractivity contribution in [1.82, 2.24) is 29.8 Å². The molecule has 0 aromatic carbocycles. The van der Waals surface area contributed by atoms with Gasteiger partial charge in [-0.25, -0.2) is 14.3 Å². The average Bonchev–Trinajstić information content (AvgIpc) is 3.59. The summed E-state index contributed by atoms with van der Waals surface area (Å²) < 4.78 is 50.3. The van der Waals surface area contributed by atoms with Gasteiger partial charge in [0.05, 0.1) is 25.3 Å². The second kappa shape index (κ2) is 16.0. The second-order valence-corrected chi connectivity index (χ2v) is 15.7. The van der Waals surface area contributed by atoms with E-state index in [1.54, 1.807) is 18.2 Å². The Hall–Kier alpha value is -2.55. The van der Waals surface area contributed by atoms with E-state index in [0.29, 0.717) is 5.03 Å². The third kappa shape index (κ3) is 9.08. The maximum absolute atomic E-state index is 12.7. The fraction of sp³-hybridized carbons (Fsp3) is 0.522. The van der Waals surface area contributed by atoms with Crippen LogP contribution in [0.15, 0.2) is 40.5 Å². The molecule has 3 aromatic rings. The van der Waals surface area contributed by atoms with Crippen LogP contribution in [-0.2, 0) is 36.8 Å². The van der Waals surface area contributed by atoms with E-state index >= 15 is 0 Å². The molecule has 9 N–H and O–H groups in total. The number of anilines is 1. The zero-order valence-electron chi connectivity index (χ0n) is 25.0. The van der Waals surface area contributed by atoms with Crippen molar-refractivity contribution in [2.45, 2.75) is 60.2 Å². The van der Waals surface area contributed by atoms with Crippen LogP contribution in [0.1, 0.15) is 6.23 Å². The molecular formula is C23H29N7O16P2S2-2. The Morgan fingerprint density at radius 3 is 2.52 bits per heavy atom. The number of aromatic nitrogens is 5. The average molecular weight is 786 g/mol. The Balaban J connectivity index is 1.20. The molecule has 5 rings (SSSR count). The van der Waals surface area contributed by atoms with Gasteiger partial charge in [0, 0.05) is 6.20 Å². The summed E-state index contributed by atoms with van der Waals surface area (Å²) in [4.78, 5) is 63.9. The predicted octanol–water partition coefficient (Wildman–Crippen LogP) is -3.93. The zero-order chi connectivity index (χ0) is 36.4. The fourth-order valence-electron chi connectivity index (χ4n) is 4.78. The molecule has 276 valence electrons. The van der Waals surface area contributed by atoms with Crippen molar-refractivity contribution in [3.05, 3.63) is 41.1 Å². The van der Waals surface area contributed by atoms with E-state index in [0.717, 1.165) is 32.5 Å². The Morgan fingerprint density at radius 1 is 1.08 bits per heavy atom. The number of carbonyl (C=O) groups excluding carboxylic acids is 1. The van der Waals surface area contributed by atoms with Gasteiger partial charge in [-0.15, -0.1) is 0 Å². The normalized spacial score (nSPS) is 30.9. The van der Waals surface area contributed by atoms with E-state index in [1.165, 1.54) is 6.20 Å². The molecule has 0 saturated carbocycles. The van der Waals surface area contributed by atoms with Gasteiger partial charge in [-0.3, -0.25) is 32.8 Å². The van der Waals surface area contributed by atoms with Crippen molar-refractivity contribution in [2.24, 2.45) is 0 Å². The smallest absolute Gasteiger partial charge is 0.280 e. The monoisotopic (exact) mass is 785 g/mol. The first-order valence-electron chi connectivity index (χ1n) is 14.1. The summed E-state index contributed by atoms with van der Waals surface area (Å²) in [7, 11) is -9.76. The number of H-pyrrole nitrogens is 1. The fourth-order valence-corrected chi connectivity index (χ4v) is 8.63. The maximum Gasteiger partial charge on any atom is 0.280 e. The van der Waals surface area contributed by atoms with Gasteiger partial charge in [0.2, 0.25) is 11.9 Å². The number of pyridine rings is 1. The van der Waals surface area contributed by atoms with Crippen molar-refractivity contribution in [1.29, 1.82) is 0 Å². The third-order valence-corrected chi connectivity index (χ3v) is 11.7. The lowest BCUT2D eigenvalue weighted by Crippen LogP contribution is -2.64. The number of aliphatic hydroxyl groups is 5. The van der Waals surface area contributed by atoms with Crippen LogP contribution in [0.2, 0.25) is 0 Å². The highest BCUT2D eigenvalue weighted by Gasteiger charge is 2.48. The summed E-state index contributed by atoms with van der Waals surface area (Å²) in [6.45, 7) is -2.06. The lowest BCUT2D eigenvalue weighted by atomic mass is 9.97. The molecule has 3 aromatic heterocycles. The first kappa shape index (κ1) is 38.7. The first-order valence-corrected chi connectivity index (χ1v) is 19.4. The summed E-state index contributed by atoms with van der Waals surface area (Å²) in [6.07, 6.45) is -11.8. The number of hydrogen-bond donors (Lipinski definition) is 8. The molecule has 0 bridgehead atoms. The molecule has 0 radical (unpaired) electrons.